The van der Waals surface area contributed by atoms with Crippen LogP contribution in [0.15, 0.2) is 51.4 Å². The van der Waals surface area contributed by atoms with Crippen LogP contribution in [-0.4, -0.2) is 29.4 Å². The van der Waals surface area contributed by atoms with Gasteiger partial charge in [-0.3, -0.25) is 9.52 Å². The van der Waals surface area contributed by atoms with Crippen molar-refractivity contribution in [2.24, 2.45) is 5.73 Å². The Balaban J connectivity index is 1.77. The highest BCUT2D eigenvalue weighted by molar-refractivity contribution is 9.10. The lowest BCUT2D eigenvalue weighted by molar-refractivity contribution is -0.0429. The molecule has 4 rings (SSSR count). The van der Waals surface area contributed by atoms with Crippen molar-refractivity contribution in [3.63, 3.8) is 0 Å². The Morgan fingerprint density at radius 3 is 2.49 bits per heavy atom. The molecule has 8 nitrogen and oxygen atoms in total. The molecule has 0 fully saturated rings. The number of alkyl halides is 3. The highest BCUT2D eigenvalue weighted by Crippen LogP contribution is 2.42. The van der Waals surface area contributed by atoms with E-state index < -0.39 is 21.4 Å². The molecule has 3 N–H and O–H groups in total. The number of para-hydroxylation sites is 1. The van der Waals surface area contributed by atoms with Crippen LogP contribution in [0.1, 0.15) is 41.4 Å². The quantitative estimate of drug-likeness (QED) is 0.274. The summed E-state index contributed by atoms with van der Waals surface area (Å²) >= 11 is 3.46. The van der Waals surface area contributed by atoms with Crippen LogP contribution in [0.3, 0.4) is 0 Å². The third-order valence-corrected chi connectivity index (χ3v) is 7.64. The molecule has 2 aromatic heterocycles. The average Bonchev–Trinajstić information content (AvgIpc) is 3.35. The minimum atomic E-state index is -5.64. The first-order chi connectivity index (χ1) is 17.4. The minimum Gasteiger partial charge on any atom is -0.455 e. The van der Waals surface area contributed by atoms with Gasteiger partial charge >= 0.3 is 15.5 Å². The fourth-order valence-corrected chi connectivity index (χ4v) is 5.25. The first-order valence-corrected chi connectivity index (χ1v) is 13.4. The molecule has 2 aromatic carbocycles. The fraction of sp³-hybridized carbons (Fsp3) is 0.250. The van der Waals surface area contributed by atoms with E-state index in [1.807, 2.05) is 19.9 Å². The van der Waals surface area contributed by atoms with Crippen LogP contribution >= 0.6 is 15.9 Å². The van der Waals surface area contributed by atoms with E-state index >= 15 is 0 Å². The van der Waals surface area contributed by atoms with Gasteiger partial charge in [0.1, 0.15) is 17.1 Å². The molecular formula is C24H22BrF3N4O4S. The van der Waals surface area contributed by atoms with Crippen molar-refractivity contribution in [3.8, 4) is 11.3 Å². The van der Waals surface area contributed by atoms with Gasteiger partial charge in [0.2, 0.25) is 0 Å². The van der Waals surface area contributed by atoms with Gasteiger partial charge in [0, 0.05) is 23.9 Å². The number of aryl methyl sites for hydroxylation is 2. The summed E-state index contributed by atoms with van der Waals surface area (Å²) in [5.74, 6) is 0.286. The Morgan fingerprint density at radius 2 is 1.86 bits per heavy atom. The Bertz CT molecular complexity index is 1610. The molecule has 0 unspecified atom stereocenters. The fourth-order valence-electron chi connectivity index (χ4n) is 4.06. The second kappa shape index (κ2) is 9.86. The number of benzene rings is 2. The smallest absolute Gasteiger partial charge is 0.455 e. The zero-order chi connectivity index (χ0) is 27.1. The maximum atomic E-state index is 13.0. The number of hydrogen-bond acceptors (Lipinski definition) is 5. The normalized spacial score (nSPS) is 12.3. The largest absolute Gasteiger partial charge is 0.516 e. The number of imidazole rings is 1. The van der Waals surface area contributed by atoms with E-state index in [0.29, 0.717) is 52.0 Å². The van der Waals surface area contributed by atoms with Gasteiger partial charge in [0.15, 0.2) is 5.76 Å². The number of sulfonamides is 1. The van der Waals surface area contributed by atoms with Crippen LogP contribution in [0.5, 0.6) is 0 Å². The third-order valence-electron chi connectivity index (χ3n) is 5.76. The first-order valence-electron chi connectivity index (χ1n) is 11.1. The molecule has 0 bridgehead atoms. The highest BCUT2D eigenvalue weighted by Gasteiger charge is 2.46. The zero-order valence-corrected chi connectivity index (χ0v) is 22.1. The minimum absolute atomic E-state index is 0.117. The summed E-state index contributed by atoms with van der Waals surface area (Å²) in [6.07, 6.45) is 1.14. The lowest BCUT2D eigenvalue weighted by atomic mass is 10.1. The molecule has 2 heterocycles. The van der Waals surface area contributed by atoms with E-state index in [4.69, 9.17) is 10.2 Å². The number of fused-ring (bicyclic) bond motifs is 1. The summed E-state index contributed by atoms with van der Waals surface area (Å²) in [6.45, 7) is 4.12. The zero-order valence-electron chi connectivity index (χ0n) is 19.7. The van der Waals surface area contributed by atoms with E-state index in [2.05, 4.69) is 20.9 Å². The maximum absolute atomic E-state index is 13.0. The van der Waals surface area contributed by atoms with E-state index in [-0.39, 0.29) is 17.0 Å². The van der Waals surface area contributed by atoms with Crippen molar-refractivity contribution in [1.29, 1.82) is 0 Å². The SMILES string of the molecule is CCc1nc(CC)n(Cc2ccc3oc(-c4ccccc4NS(=O)(=O)C(F)(F)F)c(Br)c3c2)c1C(N)=O. The Morgan fingerprint density at radius 1 is 1.16 bits per heavy atom. The van der Waals surface area contributed by atoms with Gasteiger partial charge in [0.25, 0.3) is 5.91 Å². The molecule has 37 heavy (non-hydrogen) atoms. The molecule has 0 aliphatic rings. The summed E-state index contributed by atoms with van der Waals surface area (Å²) in [4.78, 5) is 16.7. The lowest BCUT2D eigenvalue weighted by Crippen LogP contribution is -2.30. The average molecular weight is 599 g/mol. The monoisotopic (exact) mass is 598 g/mol. The number of hydrogen-bond donors (Lipinski definition) is 2. The number of anilines is 1. The molecule has 0 saturated heterocycles. The van der Waals surface area contributed by atoms with Gasteiger partial charge in [-0.15, -0.1) is 0 Å². The van der Waals surface area contributed by atoms with Crippen molar-refractivity contribution < 1.29 is 30.8 Å². The second-order valence-electron chi connectivity index (χ2n) is 8.15. The number of amides is 1. The van der Waals surface area contributed by atoms with Crippen LogP contribution in [-0.2, 0) is 29.4 Å². The van der Waals surface area contributed by atoms with Gasteiger partial charge in [-0.25, -0.2) is 4.98 Å². The van der Waals surface area contributed by atoms with Crippen LogP contribution in [0.2, 0.25) is 0 Å². The molecule has 13 heteroatoms. The number of halogens is 4. The molecule has 1 amide bonds. The molecular weight excluding hydrogens is 577 g/mol. The first kappa shape index (κ1) is 26.7. The Hall–Kier alpha value is -3.32. The number of primary amides is 1. The van der Waals surface area contributed by atoms with Gasteiger partial charge in [-0.2, -0.15) is 21.6 Å². The van der Waals surface area contributed by atoms with Crippen molar-refractivity contribution in [2.45, 2.75) is 38.7 Å². The number of rotatable bonds is 8. The predicted octanol–water partition coefficient (Wildman–Crippen LogP) is 5.59. The molecule has 0 saturated carbocycles. The standard InChI is InChI=1S/C24H22BrF3N4O4S/c1-3-16-21(23(29)33)32(19(4-2)30-16)12-13-9-10-18-15(11-13)20(25)22(36-18)14-7-5-6-8-17(14)31-37(34,35)24(26,27)28/h5-11,31H,3-4,12H2,1-2H3,(H2,29,33). The number of carbonyl (C=O) groups excluding carboxylic acids is 1. The van der Waals surface area contributed by atoms with Crippen LogP contribution in [0.25, 0.3) is 22.3 Å². The summed E-state index contributed by atoms with van der Waals surface area (Å²) in [6, 6.07) is 10.9. The summed E-state index contributed by atoms with van der Waals surface area (Å²) < 4.78 is 72.0. The second-order valence-corrected chi connectivity index (χ2v) is 10.6. The maximum Gasteiger partial charge on any atom is 0.516 e. The van der Waals surface area contributed by atoms with E-state index in [1.165, 1.54) is 18.2 Å². The molecule has 196 valence electrons. The third kappa shape index (κ3) is 4.97. The van der Waals surface area contributed by atoms with Crippen LogP contribution < -0.4 is 10.5 Å². The van der Waals surface area contributed by atoms with Gasteiger partial charge in [0.05, 0.1) is 15.9 Å². The Kier molecular flexibility index (Phi) is 7.12. The van der Waals surface area contributed by atoms with Gasteiger partial charge in [-0.1, -0.05) is 32.0 Å². The highest BCUT2D eigenvalue weighted by atomic mass is 79.9. The van der Waals surface area contributed by atoms with Gasteiger partial charge in [-0.05, 0) is 52.2 Å². The van der Waals surface area contributed by atoms with Crippen molar-refractivity contribution in [2.75, 3.05) is 4.72 Å². The topological polar surface area (TPSA) is 120 Å². The van der Waals surface area contributed by atoms with Crippen LogP contribution in [0, 0.1) is 0 Å². The Labute approximate surface area is 218 Å². The molecule has 0 spiro atoms. The molecule has 0 atom stereocenters. The van der Waals surface area contributed by atoms with Crippen molar-refractivity contribution in [3.05, 3.63) is 69.7 Å². The van der Waals surface area contributed by atoms with Crippen molar-refractivity contribution in [1.82, 2.24) is 9.55 Å². The van der Waals surface area contributed by atoms with E-state index in [0.717, 1.165) is 5.56 Å². The van der Waals surface area contributed by atoms with Gasteiger partial charge < -0.3 is 14.7 Å². The van der Waals surface area contributed by atoms with E-state index in [1.54, 1.807) is 27.5 Å². The summed E-state index contributed by atoms with van der Waals surface area (Å²) in [5.41, 5.74) is 2.17. The molecule has 4 aromatic rings. The van der Waals surface area contributed by atoms with E-state index in [9.17, 15) is 26.4 Å². The number of nitrogens with one attached hydrogen (secondary N) is 1. The number of nitrogens with two attached hydrogens (primary N) is 1. The van der Waals surface area contributed by atoms with Crippen LogP contribution in [0.4, 0.5) is 18.9 Å². The molecule has 0 radical (unpaired) electrons. The number of nitrogens with zero attached hydrogens (tertiary/aromatic N) is 2. The predicted molar refractivity (Wildman–Crippen MR) is 137 cm³/mol. The lowest BCUT2D eigenvalue weighted by Gasteiger charge is -2.13. The number of aromatic nitrogens is 2. The number of furan rings is 1. The number of carbonyl (C=O) groups is 1. The summed E-state index contributed by atoms with van der Waals surface area (Å²) in [7, 11) is -5.64. The molecule has 0 aliphatic heterocycles. The van der Waals surface area contributed by atoms with Crippen molar-refractivity contribution >= 4 is 48.5 Å². The summed E-state index contributed by atoms with van der Waals surface area (Å²) in [5, 5.41) is 0.607. The molecule has 0 aliphatic carbocycles.